The Morgan fingerprint density at radius 3 is 2.67 bits per heavy atom. The van der Waals surface area contributed by atoms with Crippen LogP contribution in [-0.2, 0) is 16.0 Å². The average Bonchev–Trinajstić information content (AvgIpc) is 2.34. The Balaban J connectivity index is 1.90. The number of ketones is 1. The predicted molar refractivity (Wildman–Crippen MR) is 73.3 cm³/mol. The van der Waals surface area contributed by atoms with Crippen molar-refractivity contribution in [2.75, 3.05) is 13.2 Å². The second-order valence-electron chi connectivity index (χ2n) is 4.71. The molecular formula is C14H16Cl2O2. The van der Waals surface area contributed by atoms with Crippen molar-refractivity contribution >= 4 is 29.0 Å². The van der Waals surface area contributed by atoms with E-state index in [2.05, 4.69) is 0 Å². The Kier molecular flexibility index (Phi) is 5.04. The summed E-state index contributed by atoms with van der Waals surface area (Å²) in [4.78, 5) is 12.0. The molecule has 98 valence electrons. The van der Waals surface area contributed by atoms with E-state index in [4.69, 9.17) is 27.9 Å². The molecule has 1 aromatic rings. The molecule has 0 aromatic heterocycles. The SMILES string of the molecule is O=C(Cc1ccc(Cl)cc1Cl)CC1CCOCC1. The Morgan fingerprint density at radius 2 is 2.00 bits per heavy atom. The van der Waals surface area contributed by atoms with Gasteiger partial charge in [-0.25, -0.2) is 0 Å². The first-order chi connectivity index (χ1) is 8.65. The van der Waals surface area contributed by atoms with E-state index in [0.717, 1.165) is 31.6 Å². The molecule has 0 atom stereocenters. The molecule has 18 heavy (non-hydrogen) atoms. The molecule has 0 radical (unpaired) electrons. The molecule has 0 unspecified atom stereocenters. The molecule has 4 heteroatoms. The quantitative estimate of drug-likeness (QED) is 0.839. The molecular weight excluding hydrogens is 271 g/mol. The number of hydrogen-bond acceptors (Lipinski definition) is 2. The highest BCUT2D eigenvalue weighted by atomic mass is 35.5. The third-order valence-corrected chi connectivity index (χ3v) is 3.85. The number of benzene rings is 1. The first-order valence-electron chi connectivity index (χ1n) is 6.18. The molecule has 0 N–H and O–H groups in total. The van der Waals surface area contributed by atoms with Crippen LogP contribution in [-0.4, -0.2) is 19.0 Å². The number of Topliss-reactive ketones (excluding diaryl/α,β-unsaturated/α-hetero) is 1. The minimum absolute atomic E-state index is 0.242. The molecule has 0 saturated carbocycles. The number of carbonyl (C=O) groups excluding carboxylic acids is 1. The van der Waals surface area contributed by atoms with Crippen molar-refractivity contribution in [1.29, 1.82) is 0 Å². The highest BCUT2D eigenvalue weighted by molar-refractivity contribution is 6.35. The van der Waals surface area contributed by atoms with Crippen molar-refractivity contribution in [2.24, 2.45) is 5.92 Å². The molecule has 0 bridgehead atoms. The van der Waals surface area contributed by atoms with E-state index in [1.807, 2.05) is 6.07 Å². The van der Waals surface area contributed by atoms with E-state index in [1.54, 1.807) is 12.1 Å². The van der Waals surface area contributed by atoms with Gasteiger partial charge in [-0.1, -0.05) is 29.3 Å². The summed E-state index contributed by atoms with van der Waals surface area (Å²) in [5, 5.41) is 1.17. The van der Waals surface area contributed by atoms with E-state index >= 15 is 0 Å². The third-order valence-electron chi connectivity index (χ3n) is 3.26. The summed E-state index contributed by atoms with van der Waals surface area (Å²) in [6, 6.07) is 5.28. The van der Waals surface area contributed by atoms with Crippen LogP contribution in [0, 0.1) is 5.92 Å². The molecule has 0 amide bonds. The summed E-state index contributed by atoms with van der Waals surface area (Å²) >= 11 is 11.9. The lowest BCUT2D eigenvalue weighted by Crippen LogP contribution is -2.19. The minimum Gasteiger partial charge on any atom is -0.381 e. The molecule has 0 spiro atoms. The standard InChI is InChI=1S/C14H16Cl2O2/c15-12-2-1-11(14(16)9-12)8-13(17)7-10-3-5-18-6-4-10/h1-2,9-10H,3-8H2. The molecule has 1 saturated heterocycles. The van der Waals surface area contributed by atoms with Crippen LogP contribution in [0.5, 0.6) is 0 Å². The topological polar surface area (TPSA) is 26.3 Å². The van der Waals surface area contributed by atoms with Gasteiger partial charge in [0.2, 0.25) is 0 Å². The zero-order chi connectivity index (χ0) is 13.0. The summed E-state index contributed by atoms with van der Waals surface area (Å²) in [5.41, 5.74) is 0.859. The van der Waals surface area contributed by atoms with E-state index < -0.39 is 0 Å². The van der Waals surface area contributed by atoms with Crippen molar-refractivity contribution < 1.29 is 9.53 Å². The summed E-state index contributed by atoms with van der Waals surface area (Å²) in [7, 11) is 0. The van der Waals surface area contributed by atoms with Gasteiger partial charge in [-0.05, 0) is 36.5 Å². The highest BCUT2D eigenvalue weighted by Gasteiger charge is 2.18. The molecule has 2 nitrogen and oxygen atoms in total. The lowest BCUT2D eigenvalue weighted by Gasteiger charge is -2.21. The van der Waals surface area contributed by atoms with Crippen molar-refractivity contribution in [2.45, 2.75) is 25.7 Å². The zero-order valence-corrected chi connectivity index (χ0v) is 11.6. The van der Waals surface area contributed by atoms with Crippen LogP contribution < -0.4 is 0 Å². The van der Waals surface area contributed by atoms with Crippen LogP contribution in [0.3, 0.4) is 0 Å². The molecule has 0 aliphatic carbocycles. The molecule has 1 heterocycles. The van der Waals surface area contributed by atoms with Gasteiger partial charge < -0.3 is 4.74 Å². The fourth-order valence-corrected chi connectivity index (χ4v) is 2.70. The van der Waals surface area contributed by atoms with Gasteiger partial charge in [0.15, 0.2) is 0 Å². The largest absolute Gasteiger partial charge is 0.381 e. The van der Waals surface area contributed by atoms with Gasteiger partial charge in [-0.3, -0.25) is 4.79 Å². The van der Waals surface area contributed by atoms with E-state index in [0.29, 0.717) is 28.8 Å². The van der Waals surface area contributed by atoms with Gasteiger partial charge in [-0.2, -0.15) is 0 Å². The summed E-state index contributed by atoms with van der Waals surface area (Å²) in [5.74, 6) is 0.712. The van der Waals surface area contributed by atoms with E-state index in [9.17, 15) is 4.79 Å². The molecule has 2 rings (SSSR count). The minimum atomic E-state index is 0.242. The maximum atomic E-state index is 12.0. The van der Waals surface area contributed by atoms with E-state index in [-0.39, 0.29) is 5.78 Å². The van der Waals surface area contributed by atoms with Crippen molar-refractivity contribution in [3.05, 3.63) is 33.8 Å². The van der Waals surface area contributed by atoms with Crippen LogP contribution in [0.15, 0.2) is 18.2 Å². The second kappa shape index (κ2) is 6.55. The summed E-state index contributed by atoms with van der Waals surface area (Å²) < 4.78 is 5.28. The van der Waals surface area contributed by atoms with Crippen molar-refractivity contribution in [1.82, 2.24) is 0 Å². The lowest BCUT2D eigenvalue weighted by atomic mass is 9.92. The summed E-state index contributed by atoms with van der Waals surface area (Å²) in [6.45, 7) is 1.55. The van der Waals surface area contributed by atoms with Crippen LogP contribution in [0.1, 0.15) is 24.8 Å². The third kappa shape index (κ3) is 3.98. The highest BCUT2D eigenvalue weighted by Crippen LogP contribution is 2.24. The first-order valence-corrected chi connectivity index (χ1v) is 6.94. The predicted octanol–water partition coefficient (Wildman–Crippen LogP) is 3.92. The fraction of sp³-hybridized carbons (Fsp3) is 0.500. The van der Waals surface area contributed by atoms with Gasteiger partial charge >= 0.3 is 0 Å². The monoisotopic (exact) mass is 286 g/mol. The lowest BCUT2D eigenvalue weighted by molar-refractivity contribution is -0.120. The molecule has 1 fully saturated rings. The van der Waals surface area contributed by atoms with Gasteiger partial charge in [-0.15, -0.1) is 0 Å². The maximum absolute atomic E-state index is 12.0. The number of ether oxygens (including phenoxy) is 1. The second-order valence-corrected chi connectivity index (χ2v) is 5.55. The Morgan fingerprint density at radius 1 is 1.28 bits per heavy atom. The zero-order valence-electron chi connectivity index (χ0n) is 10.1. The van der Waals surface area contributed by atoms with Gasteiger partial charge in [0.25, 0.3) is 0 Å². The molecule has 1 aliphatic rings. The van der Waals surface area contributed by atoms with Gasteiger partial charge in [0.05, 0.1) is 0 Å². The van der Waals surface area contributed by atoms with E-state index in [1.165, 1.54) is 0 Å². The van der Waals surface area contributed by atoms with Crippen LogP contribution in [0.2, 0.25) is 10.0 Å². The number of hydrogen-bond donors (Lipinski definition) is 0. The van der Waals surface area contributed by atoms with Gasteiger partial charge in [0, 0.05) is 36.1 Å². The van der Waals surface area contributed by atoms with Crippen molar-refractivity contribution in [3.8, 4) is 0 Å². The summed E-state index contributed by atoms with van der Waals surface area (Å²) in [6.07, 6.45) is 3.00. The van der Waals surface area contributed by atoms with Gasteiger partial charge in [0.1, 0.15) is 5.78 Å². The molecule has 1 aliphatic heterocycles. The van der Waals surface area contributed by atoms with Crippen molar-refractivity contribution in [3.63, 3.8) is 0 Å². The molecule has 1 aromatic carbocycles. The smallest absolute Gasteiger partial charge is 0.137 e. The maximum Gasteiger partial charge on any atom is 0.137 e. The number of halogens is 2. The number of carbonyl (C=O) groups is 1. The fourth-order valence-electron chi connectivity index (χ4n) is 2.22. The van der Waals surface area contributed by atoms with Crippen LogP contribution in [0.25, 0.3) is 0 Å². The Bertz CT molecular complexity index is 426. The first kappa shape index (κ1) is 13.9. The number of rotatable bonds is 4. The normalized spacial score (nSPS) is 16.8. The van der Waals surface area contributed by atoms with Crippen LogP contribution in [0.4, 0.5) is 0 Å². The Hall–Kier alpha value is -0.570. The van der Waals surface area contributed by atoms with Crippen LogP contribution >= 0.6 is 23.2 Å². The average molecular weight is 287 g/mol. The Labute approximate surface area is 117 Å².